The average Bonchev–Trinajstić information content (AvgIpc) is 1.60. The number of aromatic nitrogens is 16. The Morgan fingerprint density at radius 2 is 0.772 bits per heavy atom. The SMILES string of the molecule is CNC(=O)c1cc2ncc(NC3CCN(C)CC3)nc2n2c1nc1ccccc12.CNC(=O)c1cc2ncc(NCCN3CCOCC3)nc2n2c1nc1ccccc12.CNC(=O)c1cc2ncc(NCC[N+](C)(C)C)nc2n2c1nc1ccccc12.CNC(=O)c1cc2ncc(NC[C@@H](C)N)nc2n2c1nc1ccccc12.[Cl-]. The van der Waals surface area contributed by atoms with Crippen LogP contribution in [-0.4, -0.2) is 256 Å². The number of para-hydroxylation sites is 8. The zero-order valence-corrected chi connectivity index (χ0v) is 65.5. The van der Waals surface area contributed by atoms with E-state index in [0.29, 0.717) is 120 Å². The van der Waals surface area contributed by atoms with E-state index in [-0.39, 0.29) is 42.1 Å². The van der Waals surface area contributed by atoms with Crippen molar-refractivity contribution in [1.29, 1.82) is 0 Å². The van der Waals surface area contributed by atoms with E-state index in [1.807, 2.05) is 122 Å². The van der Waals surface area contributed by atoms with Gasteiger partial charge < -0.3 is 74.8 Å². The molecule has 4 amide bonds. The Kier molecular flexibility index (Phi) is 23.0. The van der Waals surface area contributed by atoms with Gasteiger partial charge in [-0.15, -0.1) is 0 Å². The predicted molar refractivity (Wildman–Crippen MR) is 440 cm³/mol. The highest BCUT2D eigenvalue weighted by molar-refractivity contribution is 6.08. The number of quaternary nitrogens is 1. The highest BCUT2D eigenvalue weighted by atomic mass is 35.5. The maximum atomic E-state index is 12.5. The number of piperidine rings is 1. The van der Waals surface area contributed by atoms with Gasteiger partial charge in [-0.1, -0.05) is 48.5 Å². The minimum absolute atomic E-state index is 0. The number of rotatable bonds is 17. The summed E-state index contributed by atoms with van der Waals surface area (Å²) in [4.78, 5) is 110. The lowest BCUT2D eigenvalue weighted by Crippen LogP contribution is -3.00. The molecule has 2 aliphatic heterocycles. The van der Waals surface area contributed by atoms with Crippen molar-refractivity contribution in [2.24, 2.45) is 5.73 Å². The van der Waals surface area contributed by atoms with Gasteiger partial charge in [0.15, 0.2) is 45.2 Å². The average molecular weight is 1560 g/mol. The molecule has 33 nitrogen and oxygen atoms in total. The molecule has 34 heteroatoms. The van der Waals surface area contributed by atoms with E-state index in [1.54, 1.807) is 77.2 Å². The molecule has 18 rings (SSSR count). The molecular weight excluding hydrogens is 1470 g/mol. The molecule has 4 aromatic carbocycles. The van der Waals surface area contributed by atoms with Crippen LogP contribution in [0.25, 0.3) is 111 Å². The summed E-state index contributed by atoms with van der Waals surface area (Å²) in [6.07, 6.45) is 8.96. The van der Waals surface area contributed by atoms with Gasteiger partial charge >= 0.3 is 0 Å². The van der Waals surface area contributed by atoms with Gasteiger partial charge in [-0.25, -0.2) is 59.8 Å². The number of carbonyl (C=O) groups is 4. The van der Waals surface area contributed by atoms with E-state index in [0.717, 1.165) is 133 Å². The number of amides is 4. The zero-order valence-electron chi connectivity index (χ0n) is 64.7. The van der Waals surface area contributed by atoms with Crippen LogP contribution in [0.15, 0.2) is 146 Å². The first-order valence-corrected chi connectivity index (χ1v) is 37.5. The Morgan fingerprint density at radius 3 is 1.11 bits per heavy atom. The van der Waals surface area contributed by atoms with Gasteiger partial charge in [0.1, 0.15) is 45.3 Å². The van der Waals surface area contributed by atoms with E-state index < -0.39 is 0 Å². The fourth-order valence-corrected chi connectivity index (χ4v) is 14.0. The standard InChI is InChI=1S/C21H23N7O2.C21H23N7O.C20H23N7O.C18H19N7O.ClH/c1-22-21(29)14-12-16-20(28-17-5-3-2-4-15(17)25-19(14)28)26-18(13-24-16)23-6-7-27-8-10-30-11-9-27;1-22-21(29)14-11-16-20(28-17-6-4-3-5-15(17)25-19(14)28)26-18(12-23-16)24-13-7-9-27(2)10-8-13;1-21-20(28)13-11-15-19(25-17(12-23-15)22-9-10-27(2,3)4)26-16-8-6-5-7-14(16)24-18(13)26;1-10(19)8-22-15-9-21-13-7-11(18(26)20-2)16-23-12-5-3-4-6-14(12)25(16)17(13)24-15;/h2-5,12-13H,6-11H2,1H3,(H,22,29)(H,23,26);3-6,11-13H,7-10H2,1-2H3,(H,22,29)(H,24,26);5-8,11-12H,9-10H2,1-4H3,(H-,21,22,24,25,28);3-7,9-10H,8,19H2,1-2H3,(H,20,26)(H,22,24);1H/t;;;10-;/m...1./s1. The number of nitrogens with two attached hydrogens (primary N) is 1. The second kappa shape index (κ2) is 33.6. The first-order valence-electron chi connectivity index (χ1n) is 37.5. The summed E-state index contributed by atoms with van der Waals surface area (Å²) in [5, 5.41) is 24.1. The maximum Gasteiger partial charge on any atom is 0.254 e. The molecule has 14 heterocycles. The van der Waals surface area contributed by atoms with Crippen molar-refractivity contribution < 1.29 is 40.8 Å². The van der Waals surface area contributed by atoms with E-state index in [2.05, 4.69) is 120 Å². The number of hydrogen-bond donors (Lipinski definition) is 9. The van der Waals surface area contributed by atoms with Gasteiger partial charge in [-0.3, -0.25) is 41.7 Å². The summed E-state index contributed by atoms with van der Waals surface area (Å²) < 4.78 is 13.9. The van der Waals surface area contributed by atoms with E-state index in [1.165, 1.54) is 0 Å². The van der Waals surface area contributed by atoms with Crippen LogP contribution in [-0.2, 0) is 4.74 Å². The number of likely N-dealkylation sites (N-methyl/N-ethyl adjacent to an activating group) is 1. The quantitative estimate of drug-likeness (QED) is 0.0574. The number of anilines is 4. The number of ether oxygens (including phenoxy) is 1. The number of benzene rings is 4. The lowest BCUT2D eigenvalue weighted by molar-refractivity contribution is -0.868. The number of likely N-dealkylation sites (tertiary alicyclic amines) is 1. The highest BCUT2D eigenvalue weighted by Gasteiger charge is 2.25. The third kappa shape index (κ3) is 16.2. The van der Waals surface area contributed by atoms with Crippen molar-refractivity contribution in [3.63, 3.8) is 0 Å². The van der Waals surface area contributed by atoms with Crippen LogP contribution in [0.3, 0.4) is 0 Å². The van der Waals surface area contributed by atoms with Crippen molar-refractivity contribution in [3.8, 4) is 0 Å². The molecule has 0 radical (unpaired) electrons. The molecule has 114 heavy (non-hydrogen) atoms. The molecule has 0 saturated carbocycles. The molecule has 2 saturated heterocycles. The predicted octanol–water partition coefficient (Wildman–Crippen LogP) is 4.29. The maximum absolute atomic E-state index is 12.5. The smallest absolute Gasteiger partial charge is 0.254 e. The first-order chi connectivity index (χ1) is 54.8. The normalized spacial score (nSPS) is 13.8. The Morgan fingerprint density at radius 1 is 0.447 bits per heavy atom. The lowest BCUT2D eigenvalue weighted by atomic mass is 10.1. The van der Waals surface area contributed by atoms with Crippen LogP contribution in [0.5, 0.6) is 0 Å². The van der Waals surface area contributed by atoms with Crippen molar-refractivity contribution >= 4 is 158 Å². The largest absolute Gasteiger partial charge is 1.00 e. The molecule has 2 aliphatic rings. The number of halogens is 1. The molecule has 0 unspecified atom stereocenters. The fourth-order valence-electron chi connectivity index (χ4n) is 14.0. The van der Waals surface area contributed by atoms with Gasteiger partial charge in [-0.2, -0.15) is 0 Å². The number of nitrogens with zero attached hydrogens (tertiary/aromatic N) is 19. The molecule has 586 valence electrons. The van der Waals surface area contributed by atoms with Crippen LogP contribution in [0.4, 0.5) is 23.3 Å². The molecule has 2 fully saturated rings. The van der Waals surface area contributed by atoms with Crippen LogP contribution in [0, 0.1) is 0 Å². The van der Waals surface area contributed by atoms with Gasteiger partial charge in [-0.05, 0) is 113 Å². The highest BCUT2D eigenvalue weighted by Crippen LogP contribution is 2.31. The monoisotopic (exact) mass is 1560 g/mol. The van der Waals surface area contributed by atoms with Crippen LogP contribution in [0.2, 0.25) is 0 Å². The van der Waals surface area contributed by atoms with Gasteiger partial charge in [0.2, 0.25) is 0 Å². The molecule has 0 bridgehead atoms. The number of nitrogens with one attached hydrogen (secondary N) is 8. The number of pyridine rings is 4. The molecule has 1 atom stereocenters. The molecule has 16 aromatic rings. The summed E-state index contributed by atoms with van der Waals surface area (Å²) >= 11 is 0. The van der Waals surface area contributed by atoms with E-state index >= 15 is 0 Å². The molecule has 0 aliphatic carbocycles. The first kappa shape index (κ1) is 77.9. The van der Waals surface area contributed by atoms with Crippen LogP contribution < -0.4 is 60.7 Å². The van der Waals surface area contributed by atoms with Crippen molar-refractivity contribution in [2.45, 2.75) is 31.8 Å². The molecule has 10 N–H and O–H groups in total. The number of hydrogen-bond acceptors (Lipinski definition) is 24. The minimum atomic E-state index is -0.215. The van der Waals surface area contributed by atoms with E-state index in [9.17, 15) is 19.2 Å². The Labute approximate surface area is 660 Å². The molecular formula is C80H89ClN28O5. The van der Waals surface area contributed by atoms with Crippen LogP contribution in [0.1, 0.15) is 61.2 Å². The zero-order chi connectivity index (χ0) is 78.6. The summed E-state index contributed by atoms with van der Waals surface area (Å²) in [6.45, 7) is 11.6. The second-order valence-corrected chi connectivity index (χ2v) is 28.8. The van der Waals surface area contributed by atoms with Gasteiger partial charge in [0.25, 0.3) is 23.6 Å². The number of fused-ring (bicyclic) bond motifs is 20. The Balaban J connectivity index is 0.000000126. The topological polar surface area (TPSA) is 379 Å². The third-order valence-corrected chi connectivity index (χ3v) is 19.8. The van der Waals surface area contributed by atoms with Gasteiger partial charge in [0, 0.05) is 73.0 Å². The fraction of sp³-hybridized carbons (Fsp3) is 0.300. The molecule has 12 aromatic heterocycles. The number of imidazole rings is 4. The Hall–Kier alpha value is -12.8. The summed E-state index contributed by atoms with van der Waals surface area (Å²) in [7, 11) is 15.0. The number of carbonyl (C=O) groups excluding carboxylic acids is 4. The summed E-state index contributed by atoms with van der Waals surface area (Å²) in [6, 6.07) is 38.5. The van der Waals surface area contributed by atoms with Crippen molar-refractivity contribution in [2.75, 3.05) is 150 Å². The lowest BCUT2D eigenvalue weighted by Gasteiger charge is -2.29. The second-order valence-electron chi connectivity index (χ2n) is 28.8. The van der Waals surface area contributed by atoms with Crippen LogP contribution >= 0.6 is 0 Å². The summed E-state index contributed by atoms with van der Waals surface area (Å²) in [5.41, 5.74) is 22.0. The molecule has 0 spiro atoms. The minimum Gasteiger partial charge on any atom is -1.00 e. The van der Waals surface area contributed by atoms with Gasteiger partial charge in [0.05, 0.1) is 139 Å². The Bertz CT molecular complexity index is 6300. The van der Waals surface area contributed by atoms with Crippen molar-refractivity contribution in [1.82, 2.24) is 108 Å². The summed E-state index contributed by atoms with van der Waals surface area (Å²) in [5.74, 6) is 1.97. The third-order valence-electron chi connectivity index (χ3n) is 19.8. The number of morpholine rings is 1. The van der Waals surface area contributed by atoms with E-state index in [4.69, 9.17) is 30.4 Å². The van der Waals surface area contributed by atoms with Crippen molar-refractivity contribution in [3.05, 3.63) is 168 Å².